The highest BCUT2D eigenvalue weighted by molar-refractivity contribution is 7.89. The summed E-state index contributed by atoms with van der Waals surface area (Å²) in [5, 5.41) is 2.96. The Morgan fingerprint density at radius 2 is 1.72 bits per heavy atom. The Kier molecular flexibility index (Phi) is 6.59. The van der Waals surface area contributed by atoms with Gasteiger partial charge in [0.2, 0.25) is 10.0 Å². The van der Waals surface area contributed by atoms with E-state index in [2.05, 4.69) is 5.32 Å². The van der Waals surface area contributed by atoms with Crippen LogP contribution in [0.2, 0.25) is 0 Å². The van der Waals surface area contributed by atoms with Crippen LogP contribution in [-0.4, -0.2) is 38.8 Å². The van der Waals surface area contributed by atoms with Crippen LogP contribution in [0.1, 0.15) is 53.7 Å². The molecule has 156 valence electrons. The van der Waals surface area contributed by atoms with Crippen molar-refractivity contribution in [3.8, 4) is 5.75 Å². The molecule has 1 N–H and O–H groups in total. The van der Waals surface area contributed by atoms with Gasteiger partial charge in [-0.15, -0.1) is 0 Å². The maximum atomic E-state index is 13.0. The van der Waals surface area contributed by atoms with E-state index in [9.17, 15) is 13.2 Å². The summed E-state index contributed by atoms with van der Waals surface area (Å²) in [5.74, 6) is 0.459. The fraction of sp³-hybridized carbons (Fsp3) is 0.409. The van der Waals surface area contributed by atoms with Gasteiger partial charge in [-0.1, -0.05) is 24.6 Å². The molecule has 7 heteroatoms. The number of sulfonamides is 1. The van der Waals surface area contributed by atoms with Crippen molar-refractivity contribution >= 4 is 15.9 Å². The number of nitrogens with one attached hydrogen (secondary N) is 1. The fourth-order valence-electron chi connectivity index (χ4n) is 3.51. The van der Waals surface area contributed by atoms with E-state index in [0.29, 0.717) is 18.7 Å². The molecule has 1 amide bonds. The third-order valence-corrected chi connectivity index (χ3v) is 7.26. The molecule has 1 unspecified atom stereocenters. The van der Waals surface area contributed by atoms with Gasteiger partial charge in [0.15, 0.2) is 0 Å². The number of amides is 1. The van der Waals surface area contributed by atoms with Gasteiger partial charge in [-0.2, -0.15) is 4.31 Å². The van der Waals surface area contributed by atoms with Crippen LogP contribution < -0.4 is 10.1 Å². The molecule has 1 aliphatic heterocycles. The molecule has 6 nitrogen and oxygen atoms in total. The van der Waals surface area contributed by atoms with E-state index in [1.807, 2.05) is 38.1 Å². The first kappa shape index (κ1) is 21.3. The van der Waals surface area contributed by atoms with Gasteiger partial charge in [0.25, 0.3) is 5.91 Å². The zero-order valence-corrected chi connectivity index (χ0v) is 18.0. The van der Waals surface area contributed by atoms with Crippen molar-refractivity contribution < 1.29 is 17.9 Å². The molecule has 1 atom stereocenters. The van der Waals surface area contributed by atoms with Crippen LogP contribution in [0.4, 0.5) is 0 Å². The van der Waals surface area contributed by atoms with Crippen molar-refractivity contribution in [1.82, 2.24) is 9.62 Å². The zero-order valence-electron chi connectivity index (χ0n) is 17.1. The summed E-state index contributed by atoms with van der Waals surface area (Å²) < 4.78 is 32.6. The molecular formula is C22H28N2O4S. The summed E-state index contributed by atoms with van der Waals surface area (Å²) in [5.41, 5.74) is 2.05. The molecule has 1 saturated heterocycles. The molecule has 29 heavy (non-hydrogen) atoms. The number of piperidine rings is 1. The summed E-state index contributed by atoms with van der Waals surface area (Å²) in [4.78, 5) is 13.1. The van der Waals surface area contributed by atoms with E-state index in [4.69, 9.17) is 4.74 Å². The van der Waals surface area contributed by atoms with Gasteiger partial charge in [-0.25, -0.2) is 8.42 Å². The number of carbonyl (C=O) groups is 1. The highest BCUT2D eigenvalue weighted by Gasteiger charge is 2.27. The average Bonchev–Trinajstić information content (AvgIpc) is 2.74. The third kappa shape index (κ3) is 4.79. The van der Waals surface area contributed by atoms with Gasteiger partial charge < -0.3 is 10.1 Å². The third-order valence-electron chi connectivity index (χ3n) is 5.37. The minimum absolute atomic E-state index is 0.173. The van der Waals surface area contributed by atoms with E-state index in [-0.39, 0.29) is 16.8 Å². The first-order valence-corrected chi connectivity index (χ1v) is 11.3. The zero-order chi connectivity index (χ0) is 21.0. The maximum absolute atomic E-state index is 13.0. The Morgan fingerprint density at radius 1 is 1.07 bits per heavy atom. The summed E-state index contributed by atoms with van der Waals surface area (Å²) >= 11 is 0. The Labute approximate surface area is 172 Å². The highest BCUT2D eigenvalue weighted by Crippen LogP contribution is 2.24. The second kappa shape index (κ2) is 8.97. The molecule has 1 aliphatic rings. The topological polar surface area (TPSA) is 75.7 Å². The number of aryl methyl sites for hydroxylation is 1. The first-order valence-electron chi connectivity index (χ1n) is 9.88. The molecule has 0 saturated carbocycles. The molecule has 0 radical (unpaired) electrons. The number of benzene rings is 2. The number of methoxy groups -OCH3 is 1. The second-order valence-corrected chi connectivity index (χ2v) is 9.35. The van der Waals surface area contributed by atoms with E-state index in [1.54, 1.807) is 19.2 Å². The van der Waals surface area contributed by atoms with Crippen molar-refractivity contribution in [3.63, 3.8) is 0 Å². The molecular weight excluding hydrogens is 388 g/mol. The Balaban J connectivity index is 1.80. The lowest BCUT2D eigenvalue weighted by atomic mass is 10.1. The predicted molar refractivity (Wildman–Crippen MR) is 113 cm³/mol. The molecule has 3 rings (SSSR count). The number of carbonyl (C=O) groups excluding carboxylic acids is 1. The minimum Gasteiger partial charge on any atom is -0.497 e. The fourth-order valence-corrected chi connectivity index (χ4v) is 5.05. The lowest BCUT2D eigenvalue weighted by molar-refractivity contribution is 0.0939. The minimum atomic E-state index is -3.58. The van der Waals surface area contributed by atoms with Gasteiger partial charge >= 0.3 is 0 Å². The predicted octanol–water partition coefficient (Wildman–Crippen LogP) is 3.67. The number of hydrogen-bond acceptors (Lipinski definition) is 4. The van der Waals surface area contributed by atoms with E-state index in [1.165, 1.54) is 10.4 Å². The van der Waals surface area contributed by atoms with Crippen LogP contribution in [0.5, 0.6) is 5.75 Å². The quantitative estimate of drug-likeness (QED) is 0.780. The van der Waals surface area contributed by atoms with Gasteiger partial charge in [0, 0.05) is 18.7 Å². The number of hydrogen-bond donors (Lipinski definition) is 1. The number of rotatable bonds is 6. The van der Waals surface area contributed by atoms with Crippen molar-refractivity contribution in [2.24, 2.45) is 0 Å². The molecule has 1 fully saturated rings. The maximum Gasteiger partial charge on any atom is 0.252 e. The van der Waals surface area contributed by atoms with Gasteiger partial charge in [-0.05, 0) is 62.1 Å². The van der Waals surface area contributed by atoms with Crippen LogP contribution in [0.15, 0.2) is 47.4 Å². The van der Waals surface area contributed by atoms with E-state index >= 15 is 0 Å². The molecule has 0 bridgehead atoms. The van der Waals surface area contributed by atoms with Gasteiger partial charge in [-0.3, -0.25) is 4.79 Å². The van der Waals surface area contributed by atoms with Crippen LogP contribution in [0, 0.1) is 6.92 Å². The van der Waals surface area contributed by atoms with Crippen LogP contribution >= 0.6 is 0 Å². The van der Waals surface area contributed by atoms with Gasteiger partial charge in [0.05, 0.1) is 18.0 Å². The van der Waals surface area contributed by atoms with Crippen molar-refractivity contribution in [2.75, 3.05) is 20.2 Å². The molecule has 2 aromatic rings. The summed E-state index contributed by atoms with van der Waals surface area (Å²) in [6, 6.07) is 12.0. The monoisotopic (exact) mass is 416 g/mol. The second-order valence-electron chi connectivity index (χ2n) is 7.41. The summed E-state index contributed by atoms with van der Waals surface area (Å²) in [7, 11) is -1.98. The lowest BCUT2D eigenvalue weighted by Gasteiger charge is -2.26. The Morgan fingerprint density at radius 3 is 2.34 bits per heavy atom. The van der Waals surface area contributed by atoms with Crippen molar-refractivity contribution in [1.29, 1.82) is 0 Å². The summed E-state index contributed by atoms with van der Waals surface area (Å²) in [6.07, 6.45) is 2.80. The SMILES string of the molecule is COc1ccc(C(C)NC(=O)c2cc(S(=O)(=O)N3CCCCC3)ccc2C)cc1. The average molecular weight is 417 g/mol. The van der Waals surface area contributed by atoms with Gasteiger partial charge in [0.1, 0.15) is 5.75 Å². The van der Waals surface area contributed by atoms with Crippen LogP contribution in [-0.2, 0) is 10.0 Å². The largest absolute Gasteiger partial charge is 0.497 e. The van der Waals surface area contributed by atoms with Crippen molar-refractivity contribution in [3.05, 3.63) is 59.2 Å². The van der Waals surface area contributed by atoms with Crippen molar-refractivity contribution in [2.45, 2.75) is 44.0 Å². The molecule has 0 aliphatic carbocycles. The Bertz CT molecular complexity index is 965. The van der Waals surface area contributed by atoms with Crippen LogP contribution in [0.25, 0.3) is 0 Å². The first-order chi connectivity index (χ1) is 13.8. The highest BCUT2D eigenvalue weighted by atomic mass is 32.2. The molecule has 2 aromatic carbocycles. The Hall–Kier alpha value is -2.38. The normalized spacial score (nSPS) is 16.2. The standard InChI is InChI=1S/C22H28N2O4S/c1-16-7-12-20(29(26,27)24-13-5-4-6-14-24)15-21(16)22(25)23-17(2)18-8-10-19(28-3)11-9-18/h7-12,15,17H,4-6,13-14H2,1-3H3,(H,23,25). The van der Waals surface area contributed by atoms with Crippen LogP contribution in [0.3, 0.4) is 0 Å². The molecule has 0 aromatic heterocycles. The summed E-state index contributed by atoms with van der Waals surface area (Å²) in [6.45, 7) is 4.77. The van der Waals surface area contributed by atoms with E-state index < -0.39 is 10.0 Å². The molecule has 1 heterocycles. The number of ether oxygens (including phenoxy) is 1. The number of nitrogens with zero attached hydrogens (tertiary/aromatic N) is 1. The smallest absolute Gasteiger partial charge is 0.252 e. The lowest BCUT2D eigenvalue weighted by Crippen LogP contribution is -2.35. The van der Waals surface area contributed by atoms with E-state index in [0.717, 1.165) is 36.1 Å². The molecule has 0 spiro atoms.